The van der Waals surface area contributed by atoms with E-state index < -0.39 is 6.04 Å². The average Bonchev–Trinajstić information content (AvgIpc) is 2.86. The van der Waals surface area contributed by atoms with Crippen LogP contribution < -0.4 is 5.01 Å². The molecule has 0 saturated heterocycles. The van der Waals surface area contributed by atoms with Crippen molar-refractivity contribution in [3.05, 3.63) is 23.4 Å². The fourth-order valence-corrected chi connectivity index (χ4v) is 2.70. The lowest BCUT2D eigenvalue weighted by molar-refractivity contribution is -0.145. The molecule has 1 aliphatic rings. The van der Waals surface area contributed by atoms with Gasteiger partial charge in [0.05, 0.1) is 11.6 Å². The fourth-order valence-electron chi connectivity index (χ4n) is 2.02. The number of hydrogen-bond donors (Lipinski definition) is 0. The van der Waals surface area contributed by atoms with Crippen molar-refractivity contribution in [1.82, 2.24) is 4.98 Å². The average molecular weight is 375 g/mol. The molecule has 1 aliphatic heterocycles. The van der Waals surface area contributed by atoms with Gasteiger partial charge in [-0.25, -0.2) is 14.8 Å². The van der Waals surface area contributed by atoms with Gasteiger partial charge in [-0.1, -0.05) is 31.4 Å². The summed E-state index contributed by atoms with van der Waals surface area (Å²) in [5.74, 6) is 0.162. The van der Waals surface area contributed by atoms with Crippen LogP contribution in [-0.4, -0.2) is 28.2 Å². The monoisotopic (exact) mass is 373 g/mol. The molecule has 0 saturated carbocycles. The summed E-state index contributed by atoms with van der Waals surface area (Å²) in [5.41, 5.74) is 0. The number of carbonyl (C=O) groups is 1. The molecule has 114 valence electrons. The van der Waals surface area contributed by atoms with Crippen molar-refractivity contribution in [1.29, 1.82) is 0 Å². The Morgan fingerprint density at radius 1 is 1.57 bits per heavy atom. The van der Waals surface area contributed by atoms with E-state index in [1.165, 1.54) is 5.01 Å². The SMILES string of the molecule is CCCCCOC(=O)C1CC(Br)=NN1c1ncccc1Cl. The number of pyridine rings is 1. The molecule has 0 spiro atoms. The van der Waals surface area contributed by atoms with E-state index in [1.807, 2.05) is 0 Å². The van der Waals surface area contributed by atoms with Crippen LogP contribution in [0.4, 0.5) is 5.82 Å². The third kappa shape index (κ3) is 4.17. The highest BCUT2D eigenvalue weighted by Gasteiger charge is 2.35. The molecule has 2 heterocycles. The lowest BCUT2D eigenvalue weighted by atomic mass is 10.2. The molecule has 0 fully saturated rings. The Kier molecular flexibility index (Phi) is 5.99. The minimum absolute atomic E-state index is 0.300. The number of unbranched alkanes of at least 4 members (excludes halogenated alkanes) is 2. The van der Waals surface area contributed by atoms with Gasteiger partial charge in [0, 0.05) is 12.6 Å². The molecule has 1 aromatic rings. The molecular formula is C14H17BrClN3O2. The molecule has 0 aromatic carbocycles. The largest absolute Gasteiger partial charge is 0.464 e. The van der Waals surface area contributed by atoms with Gasteiger partial charge in [-0.3, -0.25) is 0 Å². The van der Waals surface area contributed by atoms with Gasteiger partial charge in [-0.15, -0.1) is 0 Å². The van der Waals surface area contributed by atoms with Crippen LogP contribution in [0.25, 0.3) is 0 Å². The van der Waals surface area contributed by atoms with Crippen LogP contribution in [-0.2, 0) is 9.53 Å². The summed E-state index contributed by atoms with van der Waals surface area (Å²) in [6, 6.07) is 2.93. The lowest BCUT2D eigenvalue weighted by Crippen LogP contribution is -2.36. The van der Waals surface area contributed by atoms with Gasteiger partial charge in [-0.05, 0) is 34.5 Å². The summed E-state index contributed by atoms with van der Waals surface area (Å²) >= 11 is 9.46. The van der Waals surface area contributed by atoms with Gasteiger partial charge < -0.3 is 4.74 Å². The Balaban J connectivity index is 2.05. The lowest BCUT2D eigenvalue weighted by Gasteiger charge is -2.21. The second-order valence-electron chi connectivity index (χ2n) is 4.72. The third-order valence-corrected chi connectivity index (χ3v) is 3.87. The van der Waals surface area contributed by atoms with Gasteiger partial charge in [0.25, 0.3) is 0 Å². The number of halogens is 2. The first-order chi connectivity index (χ1) is 10.1. The smallest absolute Gasteiger partial charge is 0.331 e. The highest BCUT2D eigenvalue weighted by atomic mass is 79.9. The molecule has 1 unspecified atom stereocenters. The van der Waals surface area contributed by atoms with Crippen molar-refractivity contribution in [2.45, 2.75) is 38.6 Å². The quantitative estimate of drug-likeness (QED) is 0.562. The number of hydrazone groups is 1. The standard InChI is InChI=1S/C14H17BrClN3O2/c1-2-3-4-8-21-14(20)11-9-12(15)18-19(11)13-10(16)6-5-7-17-13/h5-7,11H,2-4,8-9H2,1H3. The highest BCUT2D eigenvalue weighted by Crippen LogP contribution is 2.30. The van der Waals surface area contributed by atoms with Gasteiger partial charge in [-0.2, -0.15) is 5.10 Å². The van der Waals surface area contributed by atoms with Crippen molar-refractivity contribution in [2.24, 2.45) is 5.10 Å². The van der Waals surface area contributed by atoms with Gasteiger partial charge in [0.2, 0.25) is 0 Å². The number of hydrogen-bond acceptors (Lipinski definition) is 5. The minimum atomic E-state index is -0.520. The number of rotatable bonds is 6. The zero-order chi connectivity index (χ0) is 15.2. The molecule has 2 rings (SSSR count). The number of nitrogens with zero attached hydrogens (tertiary/aromatic N) is 3. The van der Waals surface area contributed by atoms with Crippen molar-refractivity contribution < 1.29 is 9.53 Å². The topological polar surface area (TPSA) is 54.8 Å². The van der Waals surface area contributed by atoms with E-state index in [4.69, 9.17) is 16.3 Å². The molecule has 0 N–H and O–H groups in total. The van der Waals surface area contributed by atoms with Crippen LogP contribution in [0.3, 0.4) is 0 Å². The first-order valence-electron chi connectivity index (χ1n) is 6.93. The molecule has 1 atom stereocenters. The predicted molar refractivity (Wildman–Crippen MR) is 87.0 cm³/mol. The van der Waals surface area contributed by atoms with Crippen molar-refractivity contribution in [3.8, 4) is 0 Å². The normalized spacial score (nSPS) is 17.8. The van der Waals surface area contributed by atoms with E-state index in [1.54, 1.807) is 18.3 Å². The number of anilines is 1. The summed E-state index contributed by atoms with van der Waals surface area (Å²) in [5, 5.41) is 6.26. The first-order valence-corrected chi connectivity index (χ1v) is 8.10. The maximum Gasteiger partial charge on any atom is 0.331 e. The number of ether oxygens (including phenoxy) is 1. The molecule has 0 radical (unpaired) electrons. The van der Waals surface area contributed by atoms with Gasteiger partial charge >= 0.3 is 5.97 Å². The van der Waals surface area contributed by atoms with Gasteiger partial charge in [0.15, 0.2) is 11.9 Å². The Labute approximate surface area is 137 Å². The maximum absolute atomic E-state index is 12.2. The van der Waals surface area contributed by atoms with Gasteiger partial charge in [0.1, 0.15) is 4.62 Å². The van der Waals surface area contributed by atoms with E-state index >= 15 is 0 Å². The van der Waals surface area contributed by atoms with Crippen LogP contribution in [0.15, 0.2) is 23.4 Å². The molecule has 0 aliphatic carbocycles. The summed E-state index contributed by atoms with van der Waals surface area (Å²) in [7, 11) is 0. The predicted octanol–water partition coefficient (Wildman–Crippen LogP) is 3.76. The molecule has 0 amide bonds. The van der Waals surface area contributed by atoms with Crippen LogP contribution in [0.5, 0.6) is 0 Å². The van der Waals surface area contributed by atoms with Crippen molar-refractivity contribution in [2.75, 3.05) is 11.6 Å². The zero-order valence-corrected chi connectivity index (χ0v) is 14.1. The fraction of sp³-hybridized carbons (Fsp3) is 0.500. The van der Waals surface area contributed by atoms with Crippen LogP contribution in [0, 0.1) is 0 Å². The Morgan fingerprint density at radius 2 is 2.38 bits per heavy atom. The molecule has 21 heavy (non-hydrogen) atoms. The second kappa shape index (κ2) is 7.75. The number of aromatic nitrogens is 1. The Morgan fingerprint density at radius 3 is 3.10 bits per heavy atom. The number of carbonyl (C=O) groups excluding carboxylic acids is 1. The third-order valence-electron chi connectivity index (χ3n) is 3.09. The Hall–Kier alpha value is -1.14. The second-order valence-corrected chi connectivity index (χ2v) is 6.05. The van der Waals surface area contributed by atoms with Crippen LogP contribution >= 0.6 is 27.5 Å². The first kappa shape index (κ1) is 16.2. The van der Waals surface area contributed by atoms with Crippen LogP contribution in [0.1, 0.15) is 32.6 Å². The molecule has 1 aromatic heterocycles. The van der Waals surface area contributed by atoms with Crippen molar-refractivity contribution in [3.63, 3.8) is 0 Å². The molecular weight excluding hydrogens is 358 g/mol. The maximum atomic E-state index is 12.2. The van der Waals surface area contributed by atoms with E-state index in [9.17, 15) is 4.79 Å². The van der Waals surface area contributed by atoms with E-state index in [0.717, 1.165) is 19.3 Å². The zero-order valence-electron chi connectivity index (χ0n) is 11.8. The van der Waals surface area contributed by atoms with E-state index in [-0.39, 0.29) is 5.97 Å². The minimum Gasteiger partial charge on any atom is -0.464 e. The number of esters is 1. The van der Waals surface area contributed by atoms with Crippen molar-refractivity contribution >= 4 is 43.9 Å². The van der Waals surface area contributed by atoms with Crippen LogP contribution in [0.2, 0.25) is 5.02 Å². The summed E-state index contributed by atoms with van der Waals surface area (Å²) in [6.45, 7) is 2.54. The Bertz CT molecular complexity index is 539. The summed E-state index contributed by atoms with van der Waals surface area (Å²) < 4.78 is 6.00. The highest BCUT2D eigenvalue weighted by molar-refractivity contribution is 9.18. The van der Waals surface area contributed by atoms with E-state index in [2.05, 4.69) is 32.9 Å². The molecule has 0 bridgehead atoms. The summed E-state index contributed by atoms with van der Waals surface area (Å²) in [4.78, 5) is 16.4. The summed E-state index contributed by atoms with van der Waals surface area (Å²) in [6.07, 6.45) is 5.09. The molecule has 7 heteroatoms. The van der Waals surface area contributed by atoms with E-state index in [0.29, 0.717) is 28.5 Å². The molecule has 5 nitrogen and oxygen atoms in total.